The van der Waals surface area contributed by atoms with Gasteiger partial charge in [-0.15, -0.1) is 0 Å². The standard InChI is InChI=1S/C18H20ClNO2/c1-2-3-11-20(13-14-7-9-16(19)10-8-14)17-6-4-5-15(12-17)18(21)22/h4-10,12H,2-3,11,13H2,1H3,(H,21,22). The van der Waals surface area contributed by atoms with Gasteiger partial charge in [-0.1, -0.05) is 43.1 Å². The third-order valence-corrected chi connectivity index (χ3v) is 3.78. The lowest BCUT2D eigenvalue weighted by molar-refractivity contribution is 0.0697. The van der Waals surface area contributed by atoms with Crippen LogP contribution in [0.25, 0.3) is 0 Å². The van der Waals surface area contributed by atoms with E-state index in [0.29, 0.717) is 5.56 Å². The minimum atomic E-state index is -0.899. The van der Waals surface area contributed by atoms with Crippen molar-refractivity contribution in [3.8, 4) is 0 Å². The highest BCUT2D eigenvalue weighted by molar-refractivity contribution is 6.30. The van der Waals surface area contributed by atoms with E-state index in [4.69, 9.17) is 16.7 Å². The number of carboxylic acid groups (broad SMARTS) is 1. The van der Waals surface area contributed by atoms with Gasteiger partial charge in [-0.3, -0.25) is 0 Å². The van der Waals surface area contributed by atoms with E-state index >= 15 is 0 Å². The molecule has 4 heteroatoms. The molecule has 0 radical (unpaired) electrons. The van der Waals surface area contributed by atoms with Crippen LogP contribution in [0, 0.1) is 0 Å². The van der Waals surface area contributed by atoms with Gasteiger partial charge in [-0.2, -0.15) is 0 Å². The maximum atomic E-state index is 11.2. The zero-order valence-electron chi connectivity index (χ0n) is 12.6. The maximum Gasteiger partial charge on any atom is 0.335 e. The molecule has 0 aliphatic rings. The molecule has 2 aromatic rings. The number of carboxylic acids is 1. The summed E-state index contributed by atoms with van der Waals surface area (Å²) in [6.45, 7) is 3.77. The largest absolute Gasteiger partial charge is 0.478 e. The van der Waals surface area contributed by atoms with Crippen molar-refractivity contribution in [2.45, 2.75) is 26.3 Å². The fraction of sp³-hybridized carbons (Fsp3) is 0.278. The van der Waals surface area contributed by atoms with Gasteiger partial charge in [0.25, 0.3) is 0 Å². The van der Waals surface area contributed by atoms with E-state index in [-0.39, 0.29) is 0 Å². The third-order valence-electron chi connectivity index (χ3n) is 3.53. The number of halogens is 1. The summed E-state index contributed by atoms with van der Waals surface area (Å²) in [7, 11) is 0. The van der Waals surface area contributed by atoms with Crippen molar-refractivity contribution in [1.82, 2.24) is 0 Å². The number of rotatable bonds is 7. The molecule has 3 nitrogen and oxygen atoms in total. The number of hydrogen-bond donors (Lipinski definition) is 1. The molecular weight excluding hydrogens is 298 g/mol. The molecule has 2 aromatic carbocycles. The molecule has 0 unspecified atom stereocenters. The van der Waals surface area contributed by atoms with Crippen molar-refractivity contribution in [2.75, 3.05) is 11.4 Å². The van der Waals surface area contributed by atoms with E-state index in [0.717, 1.165) is 42.2 Å². The van der Waals surface area contributed by atoms with Gasteiger partial charge >= 0.3 is 5.97 Å². The zero-order chi connectivity index (χ0) is 15.9. The molecule has 0 aliphatic carbocycles. The predicted molar refractivity (Wildman–Crippen MR) is 90.8 cm³/mol. The molecule has 0 saturated carbocycles. The van der Waals surface area contributed by atoms with Crippen molar-refractivity contribution < 1.29 is 9.90 Å². The van der Waals surface area contributed by atoms with E-state index in [1.165, 1.54) is 0 Å². The zero-order valence-corrected chi connectivity index (χ0v) is 13.4. The molecule has 0 aliphatic heterocycles. The lowest BCUT2D eigenvalue weighted by atomic mass is 10.1. The van der Waals surface area contributed by atoms with Crippen LogP contribution in [0.2, 0.25) is 5.02 Å². The lowest BCUT2D eigenvalue weighted by Crippen LogP contribution is -2.24. The Morgan fingerprint density at radius 1 is 1.18 bits per heavy atom. The Morgan fingerprint density at radius 3 is 2.55 bits per heavy atom. The first-order chi connectivity index (χ1) is 10.6. The van der Waals surface area contributed by atoms with E-state index in [1.807, 2.05) is 30.3 Å². The number of unbranched alkanes of at least 4 members (excludes halogenated alkanes) is 1. The van der Waals surface area contributed by atoms with Crippen LogP contribution in [0.4, 0.5) is 5.69 Å². The molecule has 0 amide bonds. The summed E-state index contributed by atoms with van der Waals surface area (Å²) >= 11 is 5.93. The normalized spacial score (nSPS) is 10.5. The highest BCUT2D eigenvalue weighted by Crippen LogP contribution is 2.20. The Kier molecular flexibility index (Phi) is 5.84. The summed E-state index contributed by atoms with van der Waals surface area (Å²) in [5, 5.41) is 9.87. The molecule has 0 aromatic heterocycles. The van der Waals surface area contributed by atoms with E-state index < -0.39 is 5.97 Å². The topological polar surface area (TPSA) is 40.5 Å². The Labute approximate surface area is 136 Å². The second kappa shape index (κ2) is 7.85. The van der Waals surface area contributed by atoms with Crippen molar-refractivity contribution in [3.05, 3.63) is 64.7 Å². The van der Waals surface area contributed by atoms with Gasteiger partial charge < -0.3 is 10.0 Å². The van der Waals surface area contributed by atoms with Crippen LogP contribution in [0.5, 0.6) is 0 Å². The van der Waals surface area contributed by atoms with Crippen LogP contribution in [0.1, 0.15) is 35.7 Å². The highest BCUT2D eigenvalue weighted by atomic mass is 35.5. The summed E-state index contributed by atoms with van der Waals surface area (Å²) in [5.74, 6) is -0.899. The van der Waals surface area contributed by atoms with Crippen LogP contribution in [0.3, 0.4) is 0 Å². The van der Waals surface area contributed by atoms with E-state index in [9.17, 15) is 4.79 Å². The van der Waals surface area contributed by atoms with Gasteiger partial charge in [0.1, 0.15) is 0 Å². The Hall–Kier alpha value is -2.00. The monoisotopic (exact) mass is 317 g/mol. The number of anilines is 1. The third kappa shape index (κ3) is 4.50. The van der Waals surface area contributed by atoms with Crippen LogP contribution < -0.4 is 4.90 Å². The molecule has 1 N–H and O–H groups in total. The second-order valence-corrected chi connectivity index (χ2v) is 5.69. The number of hydrogen-bond acceptors (Lipinski definition) is 2. The summed E-state index contributed by atoms with van der Waals surface area (Å²) in [4.78, 5) is 13.4. The smallest absolute Gasteiger partial charge is 0.335 e. The van der Waals surface area contributed by atoms with Crippen LogP contribution >= 0.6 is 11.6 Å². The predicted octanol–water partition coefficient (Wildman–Crippen LogP) is 4.84. The second-order valence-electron chi connectivity index (χ2n) is 5.26. The fourth-order valence-electron chi connectivity index (χ4n) is 2.29. The van der Waals surface area contributed by atoms with Crippen LogP contribution in [-0.4, -0.2) is 17.6 Å². The van der Waals surface area contributed by atoms with Crippen molar-refractivity contribution in [3.63, 3.8) is 0 Å². The van der Waals surface area contributed by atoms with Gasteiger partial charge in [-0.25, -0.2) is 4.79 Å². The highest BCUT2D eigenvalue weighted by Gasteiger charge is 2.10. The summed E-state index contributed by atoms with van der Waals surface area (Å²) in [6.07, 6.45) is 2.15. The Balaban J connectivity index is 2.23. The maximum absolute atomic E-state index is 11.2. The number of benzene rings is 2. The van der Waals surface area contributed by atoms with Crippen molar-refractivity contribution in [2.24, 2.45) is 0 Å². The molecule has 0 saturated heterocycles. The summed E-state index contributed by atoms with van der Waals surface area (Å²) < 4.78 is 0. The molecule has 0 heterocycles. The average Bonchev–Trinajstić information content (AvgIpc) is 2.53. The van der Waals surface area contributed by atoms with Gasteiger partial charge in [0.15, 0.2) is 0 Å². The Morgan fingerprint density at radius 2 is 1.91 bits per heavy atom. The first kappa shape index (κ1) is 16.4. The lowest BCUT2D eigenvalue weighted by Gasteiger charge is -2.25. The van der Waals surface area contributed by atoms with Gasteiger partial charge in [0, 0.05) is 23.8 Å². The molecule has 0 bridgehead atoms. The fourth-order valence-corrected chi connectivity index (χ4v) is 2.42. The number of carbonyl (C=O) groups is 1. The minimum absolute atomic E-state index is 0.315. The number of aromatic carboxylic acids is 1. The van der Waals surface area contributed by atoms with Gasteiger partial charge in [-0.05, 0) is 42.3 Å². The quantitative estimate of drug-likeness (QED) is 0.794. The molecule has 22 heavy (non-hydrogen) atoms. The van der Waals surface area contributed by atoms with Gasteiger partial charge in [0.2, 0.25) is 0 Å². The molecular formula is C18H20ClNO2. The van der Waals surface area contributed by atoms with Crippen molar-refractivity contribution >= 4 is 23.3 Å². The van der Waals surface area contributed by atoms with Crippen molar-refractivity contribution in [1.29, 1.82) is 0 Å². The van der Waals surface area contributed by atoms with Crippen LogP contribution in [-0.2, 0) is 6.54 Å². The molecule has 116 valence electrons. The van der Waals surface area contributed by atoms with Crippen LogP contribution in [0.15, 0.2) is 48.5 Å². The molecule has 0 fully saturated rings. The summed E-state index contributed by atoms with van der Waals surface area (Å²) in [5.41, 5.74) is 2.40. The minimum Gasteiger partial charge on any atom is -0.478 e. The summed E-state index contributed by atoms with van der Waals surface area (Å²) in [6, 6.07) is 14.9. The first-order valence-corrected chi connectivity index (χ1v) is 7.80. The molecule has 0 spiro atoms. The van der Waals surface area contributed by atoms with E-state index in [1.54, 1.807) is 18.2 Å². The van der Waals surface area contributed by atoms with E-state index in [2.05, 4.69) is 11.8 Å². The average molecular weight is 318 g/mol. The Bertz CT molecular complexity index is 625. The molecule has 2 rings (SSSR count). The SMILES string of the molecule is CCCCN(Cc1ccc(Cl)cc1)c1cccc(C(=O)O)c1. The molecule has 0 atom stereocenters. The first-order valence-electron chi connectivity index (χ1n) is 7.43. The van der Waals surface area contributed by atoms with Gasteiger partial charge in [0.05, 0.1) is 5.56 Å². The number of nitrogens with zero attached hydrogens (tertiary/aromatic N) is 1.